The summed E-state index contributed by atoms with van der Waals surface area (Å²) < 4.78 is 0. The first-order valence-corrected chi connectivity index (χ1v) is 7.82. The van der Waals surface area contributed by atoms with E-state index in [9.17, 15) is 4.79 Å². The molecule has 1 saturated heterocycles. The van der Waals surface area contributed by atoms with Crippen LogP contribution in [0.4, 0.5) is 11.4 Å². The molecule has 0 aromatic heterocycles. The second kappa shape index (κ2) is 6.45. The van der Waals surface area contributed by atoms with E-state index in [1.165, 1.54) is 12.8 Å². The highest BCUT2D eigenvalue weighted by atomic mass is 16.1. The molecule has 1 aromatic carbocycles. The SMILES string of the molecule is Nc1cccc(NC(=O)CCN2CCN(C3CC3)CC2)c1. The van der Waals surface area contributed by atoms with Crippen molar-refractivity contribution in [2.45, 2.75) is 25.3 Å². The molecule has 114 valence electrons. The zero-order valence-corrected chi connectivity index (χ0v) is 12.4. The minimum Gasteiger partial charge on any atom is -0.399 e. The Labute approximate surface area is 126 Å². The van der Waals surface area contributed by atoms with Crippen molar-refractivity contribution in [2.24, 2.45) is 0 Å². The molecular weight excluding hydrogens is 264 g/mol. The fourth-order valence-electron chi connectivity index (χ4n) is 2.89. The van der Waals surface area contributed by atoms with Crippen molar-refractivity contribution >= 4 is 17.3 Å². The van der Waals surface area contributed by atoms with Crippen LogP contribution in [0.3, 0.4) is 0 Å². The van der Waals surface area contributed by atoms with Gasteiger partial charge in [-0.15, -0.1) is 0 Å². The normalized spacial score (nSPS) is 20.4. The molecule has 5 heteroatoms. The van der Waals surface area contributed by atoms with Crippen molar-refractivity contribution in [3.05, 3.63) is 24.3 Å². The average molecular weight is 288 g/mol. The lowest BCUT2D eigenvalue weighted by Crippen LogP contribution is -2.47. The Bertz CT molecular complexity index is 493. The average Bonchev–Trinajstić information content (AvgIpc) is 3.30. The molecule has 21 heavy (non-hydrogen) atoms. The number of carbonyl (C=O) groups is 1. The Kier molecular flexibility index (Phi) is 4.41. The number of benzene rings is 1. The summed E-state index contributed by atoms with van der Waals surface area (Å²) >= 11 is 0. The molecule has 0 bridgehead atoms. The van der Waals surface area contributed by atoms with Gasteiger partial charge in [0.15, 0.2) is 0 Å². The first-order chi connectivity index (χ1) is 10.2. The van der Waals surface area contributed by atoms with Gasteiger partial charge in [-0.05, 0) is 31.0 Å². The number of nitrogens with one attached hydrogen (secondary N) is 1. The molecule has 1 heterocycles. The van der Waals surface area contributed by atoms with Gasteiger partial charge in [-0.1, -0.05) is 6.07 Å². The summed E-state index contributed by atoms with van der Waals surface area (Å²) in [5.41, 5.74) is 7.15. The maximum absolute atomic E-state index is 12.0. The maximum atomic E-state index is 12.0. The van der Waals surface area contributed by atoms with E-state index in [1.54, 1.807) is 6.07 Å². The van der Waals surface area contributed by atoms with Crippen molar-refractivity contribution in [2.75, 3.05) is 43.8 Å². The summed E-state index contributed by atoms with van der Waals surface area (Å²) in [5.74, 6) is 0.0604. The highest BCUT2D eigenvalue weighted by Crippen LogP contribution is 2.27. The van der Waals surface area contributed by atoms with Crippen LogP contribution >= 0.6 is 0 Å². The smallest absolute Gasteiger partial charge is 0.225 e. The van der Waals surface area contributed by atoms with Crippen LogP contribution in [-0.4, -0.2) is 54.5 Å². The van der Waals surface area contributed by atoms with E-state index in [4.69, 9.17) is 5.73 Å². The van der Waals surface area contributed by atoms with Crippen LogP contribution in [0.15, 0.2) is 24.3 Å². The molecule has 5 nitrogen and oxygen atoms in total. The molecule has 0 spiro atoms. The van der Waals surface area contributed by atoms with Crippen LogP contribution in [0, 0.1) is 0 Å². The molecule has 3 rings (SSSR count). The molecule has 0 radical (unpaired) electrons. The van der Waals surface area contributed by atoms with Gasteiger partial charge in [-0.3, -0.25) is 9.69 Å². The summed E-state index contributed by atoms with van der Waals surface area (Å²) in [5, 5.41) is 2.90. The quantitative estimate of drug-likeness (QED) is 0.804. The molecule has 3 N–H and O–H groups in total. The van der Waals surface area contributed by atoms with E-state index < -0.39 is 0 Å². The third-order valence-electron chi connectivity index (χ3n) is 4.30. The van der Waals surface area contributed by atoms with Gasteiger partial charge < -0.3 is 16.0 Å². The number of piperazine rings is 1. The number of hydrogen-bond donors (Lipinski definition) is 2. The lowest BCUT2D eigenvalue weighted by atomic mass is 10.2. The molecule has 1 aliphatic heterocycles. The van der Waals surface area contributed by atoms with E-state index in [0.29, 0.717) is 12.1 Å². The summed E-state index contributed by atoms with van der Waals surface area (Å²) in [6.45, 7) is 5.32. The fraction of sp³-hybridized carbons (Fsp3) is 0.562. The van der Waals surface area contributed by atoms with Gasteiger partial charge >= 0.3 is 0 Å². The Morgan fingerprint density at radius 2 is 2.00 bits per heavy atom. The zero-order chi connectivity index (χ0) is 14.7. The Morgan fingerprint density at radius 3 is 2.67 bits per heavy atom. The predicted octanol–water partition coefficient (Wildman–Crippen LogP) is 1.38. The molecule has 1 saturated carbocycles. The molecule has 0 atom stereocenters. The van der Waals surface area contributed by atoms with Gasteiger partial charge in [0.2, 0.25) is 5.91 Å². The highest BCUT2D eigenvalue weighted by Gasteiger charge is 2.31. The topological polar surface area (TPSA) is 61.6 Å². The van der Waals surface area contributed by atoms with Crippen LogP contribution in [0.1, 0.15) is 19.3 Å². The van der Waals surface area contributed by atoms with Gasteiger partial charge in [-0.2, -0.15) is 0 Å². The van der Waals surface area contributed by atoms with Crippen LogP contribution in [0.25, 0.3) is 0 Å². The zero-order valence-electron chi connectivity index (χ0n) is 12.4. The molecule has 2 aliphatic rings. The number of rotatable bonds is 5. The van der Waals surface area contributed by atoms with Crippen LogP contribution in [0.2, 0.25) is 0 Å². The van der Waals surface area contributed by atoms with E-state index >= 15 is 0 Å². The lowest BCUT2D eigenvalue weighted by Gasteiger charge is -2.34. The number of nitrogens with zero attached hydrogens (tertiary/aromatic N) is 2. The van der Waals surface area contributed by atoms with Gasteiger partial charge in [-0.25, -0.2) is 0 Å². The third kappa shape index (κ3) is 4.19. The number of carbonyl (C=O) groups excluding carboxylic acids is 1. The van der Waals surface area contributed by atoms with Crippen molar-refractivity contribution in [1.29, 1.82) is 0 Å². The standard InChI is InChI=1S/C16H24N4O/c17-13-2-1-3-14(12-13)18-16(21)6-7-19-8-10-20(11-9-19)15-4-5-15/h1-3,12,15H,4-11,17H2,(H,18,21). The lowest BCUT2D eigenvalue weighted by molar-refractivity contribution is -0.116. The van der Waals surface area contributed by atoms with Gasteiger partial charge in [0.05, 0.1) is 0 Å². The molecule has 1 amide bonds. The summed E-state index contributed by atoms with van der Waals surface area (Å²) in [4.78, 5) is 16.9. The second-order valence-corrected chi connectivity index (χ2v) is 6.03. The molecule has 2 fully saturated rings. The third-order valence-corrected chi connectivity index (χ3v) is 4.30. The van der Waals surface area contributed by atoms with Gasteiger partial charge in [0.1, 0.15) is 0 Å². The van der Waals surface area contributed by atoms with Crippen molar-refractivity contribution < 1.29 is 4.79 Å². The maximum Gasteiger partial charge on any atom is 0.225 e. The number of hydrogen-bond acceptors (Lipinski definition) is 4. The highest BCUT2D eigenvalue weighted by molar-refractivity contribution is 5.91. The number of anilines is 2. The van der Waals surface area contributed by atoms with Crippen LogP contribution in [0.5, 0.6) is 0 Å². The molecule has 0 unspecified atom stereocenters. The van der Waals surface area contributed by atoms with Gasteiger partial charge in [0, 0.05) is 56.6 Å². The first kappa shape index (κ1) is 14.4. The molecular formula is C16H24N4O. The fourth-order valence-corrected chi connectivity index (χ4v) is 2.89. The summed E-state index contributed by atoms with van der Waals surface area (Å²) in [7, 11) is 0. The molecule has 1 aliphatic carbocycles. The largest absolute Gasteiger partial charge is 0.399 e. The Hall–Kier alpha value is -1.59. The summed E-state index contributed by atoms with van der Waals surface area (Å²) in [6.07, 6.45) is 3.30. The van der Waals surface area contributed by atoms with E-state index in [-0.39, 0.29) is 5.91 Å². The van der Waals surface area contributed by atoms with Crippen LogP contribution < -0.4 is 11.1 Å². The van der Waals surface area contributed by atoms with Crippen molar-refractivity contribution in [1.82, 2.24) is 9.80 Å². The monoisotopic (exact) mass is 288 g/mol. The second-order valence-electron chi connectivity index (χ2n) is 6.03. The number of amides is 1. The van der Waals surface area contributed by atoms with E-state index in [1.807, 2.05) is 18.2 Å². The van der Waals surface area contributed by atoms with Crippen molar-refractivity contribution in [3.63, 3.8) is 0 Å². The van der Waals surface area contributed by atoms with E-state index in [0.717, 1.165) is 44.5 Å². The first-order valence-electron chi connectivity index (χ1n) is 7.82. The Morgan fingerprint density at radius 1 is 1.24 bits per heavy atom. The minimum absolute atomic E-state index is 0.0604. The number of nitrogen functional groups attached to an aromatic ring is 1. The minimum atomic E-state index is 0.0604. The Balaban J connectivity index is 1.38. The van der Waals surface area contributed by atoms with Crippen LogP contribution in [-0.2, 0) is 4.79 Å². The van der Waals surface area contributed by atoms with Gasteiger partial charge in [0.25, 0.3) is 0 Å². The predicted molar refractivity (Wildman–Crippen MR) is 85.1 cm³/mol. The number of nitrogens with two attached hydrogens (primary N) is 1. The van der Waals surface area contributed by atoms with E-state index in [2.05, 4.69) is 15.1 Å². The molecule has 1 aromatic rings. The van der Waals surface area contributed by atoms with Crippen molar-refractivity contribution in [3.8, 4) is 0 Å². The summed E-state index contributed by atoms with van der Waals surface area (Å²) in [6, 6.07) is 8.17.